The molecule has 1 aromatic rings. The molecule has 0 saturated heterocycles. The molecule has 0 fully saturated rings. The largest absolute Gasteiger partial charge is 0.399 e. The van der Waals surface area contributed by atoms with E-state index < -0.39 is 11.7 Å². The van der Waals surface area contributed by atoms with Gasteiger partial charge in [0.05, 0.1) is 5.56 Å². The minimum atomic E-state index is -0.586. The summed E-state index contributed by atoms with van der Waals surface area (Å²) in [5, 5.41) is 2.73. The van der Waals surface area contributed by atoms with Crippen LogP contribution in [-0.2, 0) is 0 Å². The van der Waals surface area contributed by atoms with Gasteiger partial charge in [0.1, 0.15) is 5.82 Å². The summed E-state index contributed by atoms with van der Waals surface area (Å²) in [6, 6.07) is 4.07. The Balaban J connectivity index is 2.71. The standard InChI is InChI=1S/C13H19FN2O/c1-4-13(2,3)8-16-12(17)10-6-5-9(15)7-11(10)14/h5-7H,4,8,15H2,1-3H3,(H,16,17). The van der Waals surface area contributed by atoms with Gasteiger partial charge in [0.25, 0.3) is 5.91 Å². The number of nitrogens with two attached hydrogens (primary N) is 1. The van der Waals surface area contributed by atoms with Gasteiger partial charge in [-0.3, -0.25) is 4.79 Å². The van der Waals surface area contributed by atoms with Crippen LogP contribution < -0.4 is 11.1 Å². The second-order valence-electron chi connectivity index (χ2n) is 4.94. The number of benzene rings is 1. The Labute approximate surface area is 101 Å². The molecule has 0 unspecified atom stereocenters. The molecule has 17 heavy (non-hydrogen) atoms. The molecular weight excluding hydrogens is 219 g/mol. The maximum atomic E-state index is 13.5. The second-order valence-corrected chi connectivity index (χ2v) is 4.94. The Morgan fingerprint density at radius 1 is 1.47 bits per heavy atom. The lowest BCUT2D eigenvalue weighted by molar-refractivity contribution is 0.0931. The van der Waals surface area contributed by atoms with Crippen molar-refractivity contribution in [1.82, 2.24) is 5.32 Å². The Morgan fingerprint density at radius 2 is 2.12 bits per heavy atom. The van der Waals surface area contributed by atoms with Crippen molar-refractivity contribution in [3.8, 4) is 0 Å². The van der Waals surface area contributed by atoms with Crippen molar-refractivity contribution in [2.24, 2.45) is 5.41 Å². The fourth-order valence-corrected chi connectivity index (χ4v) is 1.26. The van der Waals surface area contributed by atoms with E-state index in [4.69, 9.17) is 5.73 Å². The lowest BCUT2D eigenvalue weighted by Gasteiger charge is -2.22. The highest BCUT2D eigenvalue weighted by molar-refractivity contribution is 5.94. The van der Waals surface area contributed by atoms with Crippen molar-refractivity contribution in [1.29, 1.82) is 0 Å². The van der Waals surface area contributed by atoms with Gasteiger partial charge < -0.3 is 11.1 Å². The first-order valence-corrected chi connectivity index (χ1v) is 5.69. The zero-order valence-corrected chi connectivity index (χ0v) is 10.5. The summed E-state index contributed by atoms with van der Waals surface area (Å²) in [6.07, 6.45) is 0.942. The van der Waals surface area contributed by atoms with Crippen molar-refractivity contribution >= 4 is 11.6 Å². The summed E-state index contributed by atoms with van der Waals surface area (Å²) in [7, 11) is 0. The fourth-order valence-electron chi connectivity index (χ4n) is 1.26. The third-order valence-corrected chi connectivity index (χ3v) is 2.92. The van der Waals surface area contributed by atoms with Crippen molar-refractivity contribution in [3.63, 3.8) is 0 Å². The number of nitrogens with one attached hydrogen (secondary N) is 1. The van der Waals surface area contributed by atoms with Crippen molar-refractivity contribution in [3.05, 3.63) is 29.6 Å². The summed E-state index contributed by atoms with van der Waals surface area (Å²) in [5.41, 5.74) is 5.78. The Hall–Kier alpha value is -1.58. The summed E-state index contributed by atoms with van der Waals surface area (Å²) < 4.78 is 13.5. The number of rotatable bonds is 4. The van der Waals surface area contributed by atoms with E-state index in [2.05, 4.69) is 12.2 Å². The van der Waals surface area contributed by atoms with Gasteiger partial charge in [-0.2, -0.15) is 0 Å². The Kier molecular flexibility index (Phi) is 4.10. The highest BCUT2D eigenvalue weighted by Gasteiger charge is 2.18. The predicted molar refractivity (Wildman–Crippen MR) is 67.2 cm³/mol. The van der Waals surface area contributed by atoms with Gasteiger partial charge in [-0.1, -0.05) is 20.8 Å². The molecule has 0 atom stereocenters. The van der Waals surface area contributed by atoms with Crippen molar-refractivity contribution in [2.45, 2.75) is 27.2 Å². The molecule has 0 radical (unpaired) electrons. The minimum Gasteiger partial charge on any atom is -0.399 e. The number of carbonyl (C=O) groups excluding carboxylic acids is 1. The number of amides is 1. The van der Waals surface area contributed by atoms with Gasteiger partial charge in [-0.05, 0) is 30.0 Å². The lowest BCUT2D eigenvalue weighted by atomic mass is 9.90. The van der Waals surface area contributed by atoms with Gasteiger partial charge in [-0.25, -0.2) is 4.39 Å². The first-order chi connectivity index (χ1) is 7.85. The van der Waals surface area contributed by atoms with Gasteiger partial charge in [0.15, 0.2) is 0 Å². The molecule has 0 spiro atoms. The van der Waals surface area contributed by atoms with E-state index in [1.54, 1.807) is 0 Å². The van der Waals surface area contributed by atoms with E-state index >= 15 is 0 Å². The van der Waals surface area contributed by atoms with Gasteiger partial charge in [0.2, 0.25) is 0 Å². The molecule has 4 heteroatoms. The van der Waals surface area contributed by atoms with Gasteiger partial charge in [-0.15, -0.1) is 0 Å². The van der Waals surface area contributed by atoms with Crippen LogP contribution in [0.15, 0.2) is 18.2 Å². The molecule has 1 aromatic carbocycles. The molecule has 0 aromatic heterocycles. The zero-order chi connectivity index (χ0) is 13.1. The molecule has 1 amide bonds. The van der Waals surface area contributed by atoms with Gasteiger partial charge in [0, 0.05) is 12.2 Å². The van der Waals surface area contributed by atoms with Crippen molar-refractivity contribution in [2.75, 3.05) is 12.3 Å². The van der Waals surface area contributed by atoms with Crippen LogP contribution in [0.2, 0.25) is 0 Å². The molecule has 3 N–H and O–H groups in total. The van der Waals surface area contributed by atoms with E-state index in [-0.39, 0.29) is 11.0 Å². The molecule has 0 heterocycles. The number of anilines is 1. The predicted octanol–water partition coefficient (Wildman–Crippen LogP) is 2.57. The fraction of sp³-hybridized carbons (Fsp3) is 0.462. The number of hydrogen-bond donors (Lipinski definition) is 2. The summed E-state index contributed by atoms with van der Waals surface area (Å²) in [4.78, 5) is 11.7. The van der Waals surface area contributed by atoms with Crippen LogP contribution in [0, 0.1) is 11.2 Å². The quantitative estimate of drug-likeness (QED) is 0.792. The molecule has 0 aliphatic carbocycles. The number of halogens is 1. The summed E-state index contributed by atoms with van der Waals surface area (Å²) in [6.45, 7) is 6.67. The van der Waals surface area contributed by atoms with Crippen LogP contribution in [0.4, 0.5) is 10.1 Å². The highest BCUT2D eigenvalue weighted by atomic mass is 19.1. The first kappa shape index (κ1) is 13.5. The average molecular weight is 238 g/mol. The Morgan fingerprint density at radius 3 is 2.65 bits per heavy atom. The molecule has 3 nitrogen and oxygen atoms in total. The third-order valence-electron chi connectivity index (χ3n) is 2.92. The van der Waals surface area contributed by atoms with E-state index in [0.29, 0.717) is 12.2 Å². The molecule has 0 bridgehead atoms. The van der Waals surface area contributed by atoms with Crippen LogP contribution in [0.5, 0.6) is 0 Å². The third kappa shape index (κ3) is 3.73. The van der Waals surface area contributed by atoms with Crippen LogP contribution in [-0.4, -0.2) is 12.5 Å². The monoisotopic (exact) mass is 238 g/mol. The molecule has 1 rings (SSSR count). The topological polar surface area (TPSA) is 55.1 Å². The average Bonchev–Trinajstić information content (AvgIpc) is 2.26. The molecule has 94 valence electrons. The maximum absolute atomic E-state index is 13.5. The summed E-state index contributed by atoms with van der Waals surface area (Å²) in [5.74, 6) is -0.985. The number of hydrogen-bond acceptors (Lipinski definition) is 2. The SMILES string of the molecule is CCC(C)(C)CNC(=O)c1ccc(N)cc1F. The van der Waals surface area contributed by atoms with E-state index in [0.717, 1.165) is 12.5 Å². The van der Waals surface area contributed by atoms with E-state index in [9.17, 15) is 9.18 Å². The normalized spacial score (nSPS) is 11.3. The number of carbonyl (C=O) groups is 1. The van der Waals surface area contributed by atoms with Crippen LogP contribution in [0.25, 0.3) is 0 Å². The first-order valence-electron chi connectivity index (χ1n) is 5.69. The van der Waals surface area contributed by atoms with E-state index in [1.807, 2.05) is 13.8 Å². The van der Waals surface area contributed by atoms with Crippen LogP contribution in [0.3, 0.4) is 0 Å². The smallest absolute Gasteiger partial charge is 0.254 e. The Bertz CT molecular complexity index is 416. The second kappa shape index (κ2) is 5.17. The highest BCUT2D eigenvalue weighted by Crippen LogP contribution is 2.18. The minimum absolute atomic E-state index is 0.0138. The number of nitrogen functional groups attached to an aromatic ring is 1. The molecule has 0 aliphatic rings. The zero-order valence-electron chi connectivity index (χ0n) is 10.5. The van der Waals surface area contributed by atoms with E-state index in [1.165, 1.54) is 12.1 Å². The maximum Gasteiger partial charge on any atom is 0.254 e. The van der Waals surface area contributed by atoms with Crippen molar-refractivity contribution < 1.29 is 9.18 Å². The summed E-state index contributed by atoms with van der Waals surface area (Å²) >= 11 is 0. The van der Waals surface area contributed by atoms with Crippen LogP contribution >= 0.6 is 0 Å². The lowest BCUT2D eigenvalue weighted by Crippen LogP contribution is -2.34. The molecule has 0 saturated carbocycles. The van der Waals surface area contributed by atoms with Gasteiger partial charge >= 0.3 is 0 Å². The van der Waals surface area contributed by atoms with Crippen LogP contribution in [0.1, 0.15) is 37.6 Å². The molecule has 0 aliphatic heterocycles. The molecular formula is C13H19FN2O.